The van der Waals surface area contributed by atoms with Crippen molar-refractivity contribution in [2.75, 3.05) is 6.54 Å². The number of rotatable bonds is 0. The summed E-state index contributed by atoms with van der Waals surface area (Å²) in [6.07, 6.45) is 2.05. The summed E-state index contributed by atoms with van der Waals surface area (Å²) in [5, 5.41) is 5.05. The third kappa shape index (κ3) is 1.51. The maximum Gasteiger partial charge on any atom is 0.107 e. The zero-order valence-corrected chi connectivity index (χ0v) is 4.74. The molecule has 2 nitrogen and oxygen atoms in total. The SMILES string of the molecule is NC1NCC=CS1. The molecule has 0 aromatic heterocycles. The first-order chi connectivity index (χ1) is 3.39. The van der Waals surface area contributed by atoms with Gasteiger partial charge >= 0.3 is 0 Å². The van der Waals surface area contributed by atoms with Gasteiger partial charge in [-0.15, -0.1) is 0 Å². The molecule has 40 valence electrons. The molecule has 0 aromatic carbocycles. The molecule has 0 saturated heterocycles. The van der Waals surface area contributed by atoms with E-state index < -0.39 is 0 Å². The van der Waals surface area contributed by atoms with E-state index in [2.05, 4.69) is 5.32 Å². The Hall–Kier alpha value is 0.01000. The van der Waals surface area contributed by atoms with Crippen LogP contribution in [0.1, 0.15) is 0 Å². The predicted octanol–water partition coefficient (Wildman–Crippen LogP) is 0.0788. The first-order valence-corrected chi connectivity index (χ1v) is 3.13. The monoisotopic (exact) mass is 116 g/mol. The summed E-state index contributed by atoms with van der Waals surface area (Å²) in [6.45, 7) is 0.911. The molecule has 1 heterocycles. The minimum atomic E-state index is 0.116. The molecule has 0 spiro atoms. The van der Waals surface area contributed by atoms with E-state index in [1.54, 1.807) is 11.8 Å². The average Bonchev–Trinajstić information content (AvgIpc) is 1.69. The van der Waals surface area contributed by atoms with Crippen LogP contribution in [0.25, 0.3) is 0 Å². The second-order valence-corrected chi connectivity index (χ2v) is 2.39. The van der Waals surface area contributed by atoms with Crippen LogP contribution in [0.4, 0.5) is 0 Å². The van der Waals surface area contributed by atoms with E-state index in [0.717, 1.165) is 6.54 Å². The maximum absolute atomic E-state index is 5.44. The van der Waals surface area contributed by atoms with Crippen molar-refractivity contribution in [3.8, 4) is 0 Å². The molecule has 1 atom stereocenters. The van der Waals surface area contributed by atoms with Crippen LogP contribution in [0.15, 0.2) is 11.5 Å². The lowest BCUT2D eigenvalue weighted by molar-refractivity contribution is 0.722. The van der Waals surface area contributed by atoms with Crippen LogP contribution in [0.2, 0.25) is 0 Å². The van der Waals surface area contributed by atoms with Crippen LogP contribution in [0.5, 0.6) is 0 Å². The molecule has 0 saturated carbocycles. The molecular weight excluding hydrogens is 108 g/mol. The molecule has 1 unspecified atom stereocenters. The third-order valence-electron chi connectivity index (χ3n) is 0.758. The number of hydrogen-bond donors (Lipinski definition) is 2. The van der Waals surface area contributed by atoms with Crippen molar-refractivity contribution >= 4 is 11.8 Å². The normalized spacial score (nSPS) is 30.7. The van der Waals surface area contributed by atoms with Gasteiger partial charge in [-0.25, -0.2) is 0 Å². The summed E-state index contributed by atoms with van der Waals surface area (Å²) >= 11 is 1.60. The van der Waals surface area contributed by atoms with Gasteiger partial charge in [0.1, 0.15) is 5.50 Å². The highest BCUT2D eigenvalue weighted by atomic mass is 32.2. The standard InChI is InChI=1S/C4H8N2S/c5-4-6-2-1-3-7-4/h1,3-4,6H,2,5H2. The Morgan fingerprint density at radius 1 is 1.86 bits per heavy atom. The van der Waals surface area contributed by atoms with Gasteiger partial charge in [-0.3, -0.25) is 5.32 Å². The molecule has 3 N–H and O–H groups in total. The molecule has 1 aliphatic rings. The second kappa shape index (κ2) is 2.35. The maximum atomic E-state index is 5.44. The van der Waals surface area contributed by atoms with E-state index in [1.165, 1.54) is 0 Å². The predicted molar refractivity (Wildman–Crippen MR) is 32.7 cm³/mol. The van der Waals surface area contributed by atoms with E-state index in [-0.39, 0.29) is 5.50 Å². The van der Waals surface area contributed by atoms with E-state index in [4.69, 9.17) is 5.73 Å². The number of thioether (sulfide) groups is 1. The quantitative estimate of drug-likeness (QED) is 0.470. The smallest absolute Gasteiger partial charge is 0.107 e. The summed E-state index contributed by atoms with van der Waals surface area (Å²) < 4.78 is 0. The molecule has 0 radical (unpaired) electrons. The Bertz CT molecular complexity index is 81.8. The summed E-state index contributed by atoms with van der Waals surface area (Å²) in [6, 6.07) is 0. The van der Waals surface area contributed by atoms with E-state index in [1.807, 2.05) is 11.5 Å². The Balaban J connectivity index is 2.32. The molecule has 0 bridgehead atoms. The zero-order valence-electron chi connectivity index (χ0n) is 3.92. The van der Waals surface area contributed by atoms with Crippen LogP contribution in [-0.2, 0) is 0 Å². The lowest BCUT2D eigenvalue weighted by Crippen LogP contribution is -2.35. The first-order valence-electron chi connectivity index (χ1n) is 2.19. The van der Waals surface area contributed by atoms with E-state index in [9.17, 15) is 0 Å². The number of nitrogens with two attached hydrogens (primary N) is 1. The molecular formula is C4H8N2S. The number of nitrogens with one attached hydrogen (secondary N) is 1. The lowest BCUT2D eigenvalue weighted by Gasteiger charge is -2.12. The summed E-state index contributed by atoms with van der Waals surface area (Å²) in [4.78, 5) is 0. The van der Waals surface area contributed by atoms with Gasteiger partial charge in [0, 0.05) is 6.54 Å². The van der Waals surface area contributed by atoms with Crippen LogP contribution in [0, 0.1) is 0 Å². The minimum Gasteiger partial charge on any atom is -0.307 e. The van der Waals surface area contributed by atoms with Crippen molar-refractivity contribution in [3.05, 3.63) is 11.5 Å². The number of hydrogen-bond acceptors (Lipinski definition) is 3. The van der Waals surface area contributed by atoms with Crippen LogP contribution in [0.3, 0.4) is 0 Å². The van der Waals surface area contributed by atoms with Gasteiger partial charge in [-0.05, 0) is 5.41 Å². The van der Waals surface area contributed by atoms with Crippen molar-refractivity contribution in [2.45, 2.75) is 5.50 Å². The van der Waals surface area contributed by atoms with Gasteiger partial charge in [0.25, 0.3) is 0 Å². The van der Waals surface area contributed by atoms with Gasteiger partial charge in [0.05, 0.1) is 0 Å². The summed E-state index contributed by atoms with van der Waals surface area (Å²) in [5.74, 6) is 0. The fraction of sp³-hybridized carbons (Fsp3) is 0.500. The Morgan fingerprint density at radius 2 is 2.71 bits per heavy atom. The Kier molecular flexibility index (Phi) is 1.73. The minimum absolute atomic E-state index is 0.116. The molecule has 1 aliphatic heterocycles. The van der Waals surface area contributed by atoms with Gasteiger partial charge in [0.2, 0.25) is 0 Å². The van der Waals surface area contributed by atoms with Crippen LogP contribution in [-0.4, -0.2) is 12.0 Å². The molecule has 3 heteroatoms. The Morgan fingerprint density at radius 3 is 3.00 bits per heavy atom. The first kappa shape index (κ1) is 5.15. The van der Waals surface area contributed by atoms with Crippen LogP contribution >= 0.6 is 11.8 Å². The van der Waals surface area contributed by atoms with Crippen LogP contribution < -0.4 is 11.1 Å². The van der Waals surface area contributed by atoms with Gasteiger partial charge in [0.15, 0.2) is 0 Å². The van der Waals surface area contributed by atoms with Crippen molar-refractivity contribution < 1.29 is 0 Å². The van der Waals surface area contributed by atoms with Gasteiger partial charge < -0.3 is 5.73 Å². The Labute approximate surface area is 47.2 Å². The lowest BCUT2D eigenvalue weighted by atomic mass is 10.6. The molecule has 0 aromatic rings. The van der Waals surface area contributed by atoms with E-state index in [0.29, 0.717) is 0 Å². The molecule has 7 heavy (non-hydrogen) atoms. The third-order valence-corrected chi connectivity index (χ3v) is 1.57. The van der Waals surface area contributed by atoms with Crippen molar-refractivity contribution in [3.63, 3.8) is 0 Å². The summed E-state index contributed by atoms with van der Waals surface area (Å²) in [5.41, 5.74) is 5.55. The van der Waals surface area contributed by atoms with Crippen molar-refractivity contribution in [1.29, 1.82) is 0 Å². The molecule has 0 fully saturated rings. The fourth-order valence-corrected chi connectivity index (χ4v) is 0.990. The largest absolute Gasteiger partial charge is 0.307 e. The molecule has 0 amide bonds. The molecule has 1 rings (SSSR count). The second-order valence-electron chi connectivity index (χ2n) is 1.34. The highest BCUT2D eigenvalue weighted by molar-refractivity contribution is 8.02. The zero-order chi connectivity index (χ0) is 5.11. The van der Waals surface area contributed by atoms with Gasteiger partial charge in [-0.2, -0.15) is 0 Å². The fourth-order valence-electron chi connectivity index (χ4n) is 0.421. The average molecular weight is 116 g/mol. The highest BCUT2D eigenvalue weighted by Crippen LogP contribution is 2.06. The van der Waals surface area contributed by atoms with Crippen molar-refractivity contribution in [2.24, 2.45) is 5.73 Å². The summed E-state index contributed by atoms with van der Waals surface area (Å²) in [7, 11) is 0. The topological polar surface area (TPSA) is 38.0 Å². The molecule has 0 aliphatic carbocycles. The van der Waals surface area contributed by atoms with Gasteiger partial charge in [-0.1, -0.05) is 17.8 Å². The van der Waals surface area contributed by atoms with Crippen molar-refractivity contribution in [1.82, 2.24) is 5.32 Å². The highest BCUT2D eigenvalue weighted by Gasteiger charge is 1.99. The van der Waals surface area contributed by atoms with E-state index >= 15 is 0 Å².